The number of aryl methyl sites for hydroxylation is 2. The van der Waals surface area contributed by atoms with Gasteiger partial charge in [0.15, 0.2) is 0 Å². The van der Waals surface area contributed by atoms with Gasteiger partial charge in [0.2, 0.25) is 0 Å². The normalized spacial score (nSPS) is 18.1. The van der Waals surface area contributed by atoms with Crippen molar-refractivity contribution in [3.63, 3.8) is 0 Å². The van der Waals surface area contributed by atoms with Gasteiger partial charge in [0.1, 0.15) is 0 Å². The van der Waals surface area contributed by atoms with Crippen molar-refractivity contribution in [2.24, 2.45) is 0 Å². The van der Waals surface area contributed by atoms with Gasteiger partial charge in [-0.15, -0.1) is 0 Å². The summed E-state index contributed by atoms with van der Waals surface area (Å²) in [6, 6.07) is 5.13. The highest BCUT2D eigenvalue weighted by Crippen LogP contribution is 2.30. The Morgan fingerprint density at radius 2 is 2.00 bits per heavy atom. The molecule has 0 aliphatic carbocycles. The molecule has 0 aromatic heterocycles. The SMILES string of the molecule is CCOC(=O)C1=C(C)NC(=O)N[C@H]1c1ccc(C)cc1C. The highest BCUT2D eigenvalue weighted by Gasteiger charge is 2.32. The van der Waals surface area contributed by atoms with Crippen molar-refractivity contribution >= 4 is 12.0 Å². The average Bonchev–Trinajstić information content (AvgIpc) is 2.37. The Bertz CT molecular complexity index is 620. The first kappa shape index (κ1) is 15.1. The molecular weight excluding hydrogens is 268 g/mol. The van der Waals surface area contributed by atoms with Gasteiger partial charge in [0.25, 0.3) is 0 Å². The van der Waals surface area contributed by atoms with Crippen LogP contribution in [0.3, 0.4) is 0 Å². The van der Waals surface area contributed by atoms with Crippen LogP contribution in [0, 0.1) is 13.8 Å². The van der Waals surface area contributed by atoms with E-state index < -0.39 is 12.0 Å². The molecule has 0 radical (unpaired) electrons. The summed E-state index contributed by atoms with van der Waals surface area (Å²) in [7, 11) is 0. The number of hydrogen-bond donors (Lipinski definition) is 2. The number of rotatable bonds is 3. The summed E-state index contributed by atoms with van der Waals surface area (Å²) >= 11 is 0. The van der Waals surface area contributed by atoms with E-state index in [4.69, 9.17) is 4.74 Å². The Morgan fingerprint density at radius 3 is 2.62 bits per heavy atom. The topological polar surface area (TPSA) is 67.4 Å². The zero-order valence-corrected chi connectivity index (χ0v) is 12.7. The second-order valence-electron chi connectivity index (χ2n) is 5.15. The van der Waals surface area contributed by atoms with Gasteiger partial charge in [-0.25, -0.2) is 9.59 Å². The first-order valence-electron chi connectivity index (χ1n) is 6.96. The summed E-state index contributed by atoms with van der Waals surface area (Å²) in [5.74, 6) is -0.410. The fourth-order valence-corrected chi connectivity index (χ4v) is 2.56. The van der Waals surface area contributed by atoms with Crippen molar-refractivity contribution in [2.75, 3.05) is 6.61 Å². The number of carbonyl (C=O) groups is 2. The lowest BCUT2D eigenvalue weighted by molar-refractivity contribution is -0.139. The molecule has 0 unspecified atom stereocenters. The Kier molecular flexibility index (Phi) is 4.31. The van der Waals surface area contributed by atoms with Crippen molar-refractivity contribution in [2.45, 2.75) is 33.7 Å². The number of allylic oxidation sites excluding steroid dienone is 1. The van der Waals surface area contributed by atoms with Gasteiger partial charge >= 0.3 is 12.0 Å². The minimum Gasteiger partial charge on any atom is -0.463 e. The minimum atomic E-state index is -0.488. The second-order valence-corrected chi connectivity index (χ2v) is 5.15. The molecule has 0 spiro atoms. The first-order valence-corrected chi connectivity index (χ1v) is 6.96. The molecule has 0 fully saturated rings. The number of ether oxygens (including phenoxy) is 1. The molecular formula is C16H20N2O3. The average molecular weight is 288 g/mol. The molecule has 1 aliphatic rings. The summed E-state index contributed by atoms with van der Waals surface area (Å²) < 4.78 is 5.11. The number of amides is 2. The highest BCUT2D eigenvalue weighted by atomic mass is 16.5. The van der Waals surface area contributed by atoms with Crippen LogP contribution in [0.1, 0.15) is 36.6 Å². The number of urea groups is 1. The van der Waals surface area contributed by atoms with Gasteiger partial charge in [-0.3, -0.25) is 0 Å². The van der Waals surface area contributed by atoms with E-state index in [-0.39, 0.29) is 6.03 Å². The van der Waals surface area contributed by atoms with Crippen molar-refractivity contribution in [1.82, 2.24) is 10.6 Å². The van der Waals surface area contributed by atoms with E-state index in [1.807, 2.05) is 32.0 Å². The van der Waals surface area contributed by atoms with E-state index in [1.165, 1.54) is 0 Å². The number of nitrogens with one attached hydrogen (secondary N) is 2. The van der Waals surface area contributed by atoms with Crippen molar-refractivity contribution in [1.29, 1.82) is 0 Å². The van der Waals surface area contributed by atoms with Crippen LogP contribution in [-0.2, 0) is 9.53 Å². The molecule has 21 heavy (non-hydrogen) atoms. The number of carbonyl (C=O) groups excluding carboxylic acids is 2. The monoisotopic (exact) mass is 288 g/mol. The molecule has 0 saturated heterocycles. The summed E-state index contributed by atoms with van der Waals surface area (Å²) in [4.78, 5) is 24.0. The van der Waals surface area contributed by atoms with Crippen LogP contribution in [0.25, 0.3) is 0 Å². The molecule has 2 amide bonds. The molecule has 1 aromatic carbocycles. The van der Waals surface area contributed by atoms with E-state index >= 15 is 0 Å². The van der Waals surface area contributed by atoms with E-state index in [9.17, 15) is 9.59 Å². The van der Waals surface area contributed by atoms with Crippen molar-refractivity contribution < 1.29 is 14.3 Å². The van der Waals surface area contributed by atoms with Crippen LogP contribution in [0.2, 0.25) is 0 Å². The maximum atomic E-state index is 12.2. The maximum Gasteiger partial charge on any atom is 0.338 e. The fraction of sp³-hybridized carbons (Fsp3) is 0.375. The van der Waals surface area contributed by atoms with Gasteiger partial charge in [0, 0.05) is 5.70 Å². The summed E-state index contributed by atoms with van der Waals surface area (Å²) in [5.41, 5.74) is 4.04. The van der Waals surface area contributed by atoms with E-state index in [1.54, 1.807) is 13.8 Å². The van der Waals surface area contributed by atoms with Crippen LogP contribution in [0.15, 0.2) is 29.5 Å². The predicted octanol–water partition coefficient (Wildman–Crippen LogP) is 2.49. The van der Waals surface area contributed by atoms with Gasteiger partial charge in [0.05, 0.1) is 18.2 Å². The predicted molar refractivity (Wildman–Crippen MR) is 79.7 cm³/mol. The fourth-order valence-electron chi connectivity index (χ4n) is 2.56. The van der Waals surface area contributed by atoms with Gasteiger partial charge < -0.3 is 15.4 Å². The quantitative estimate of drug-likeness (QED) is 0.840. The third kappa shape index (κ3) is 3.07. The number of esters is 1. The second kappa shape index (κ2) is 5.99. The van der Waals surface area contributed by atoms with Crippen LogP contribution in [0.4, 0.5) is 4.79 Å². The molecule has 5 heteroatoms. The number of hydrogen-bond acceptors (Lipinski definition) is 3. The molecule has 112 valence electrons. The third-order valence-corrected chi connectivity index (χ3v) is 3.50. The van der Waals surface area contributed by atoms with Gasteiger partial charge in [-0.05, 0) is 38.8 Å². The van der Waals surface area contributed by atoms with E-state index in [0.29, 0.717) is 17.9 Å². The van der Waals surface area contributed by atoms with Crippen molar-refractivity contribution in [3.8, 4) is 0 Å². The van der Waals surface area contributed by atoms with Crippen LogP contribution in [-0.4, -0.2) is 18.6 Å². The number of benzene rings is 1. The molecule has 1 heterocycles. The summed E-state index contributed by atoms with van der Waals surface area (Å²) in [6.07, 6.45) is 0. The van der Waals surface area contributed by atoms with Gasteiger partial charge in [-0.1, -0.05) is 23.8 Å². The Morgan fingerprint density at radius 1 is 1.29 bits per heavy atom. The molecule has 2 rings (SSSR count). The highest BCUT2D eigenvalue weighted by molar-refractivity contribution is 5.95. The minimum absolute atomic E-state index is 0.295. The summed E-state index contributed by atoms with van der Waals surface area (Å²) in [5, 5.41) is 5.43. The van der Waals surface area contributed by atoms with Crippen molar-refractivity contribution in [3.05, 3.63) is 46.2 Å². The van der Waals surface area contributed by atoms with E-state index in [2.05, 4.69) is 10.6 Å². The summed E-state index contributed by atoms with van der Waals surface area (Å²) in [6.45, 7) is 7.74. The third-order valence-electron chi connectivity index (χ3n) is 3.50. The Hall–Kier alpha value is -2.30. The molecule has 0 bridgehead atoms. The maximum absolute atomic E-state index is 12.2. The van der Waals surface area contributed by atoms with Crippen LogP contribution in [0.5, 0.6) is 0 Å². The molecule has 2 N–H and O–H groups in total. The molecule has 0 saturated carbocycles. The molecule has 1 aliphatic heterocycles. The molecule has 1 atom stereocenters. The molecule has 5 nitrogen and oxygen atoms in total. The van der Waals surface area contributed by atoms with E-state index in [0.717, 1.165) is 16.7 Å². The van der Waals surface area contributed by atoms with Crippen LogP contribution < -0.4 is 10.6 Å². The lowest BCUT2D eigenvalue weighted by atomic mass is 9.91. The molecule has 1 aromatic rings. The van der Waals surface area contributed by atoms with Gasteiger partial charge in [-0.2, -0.15) is 0 Å². The zero-order valence-electron chi connectivity index (χ0n) is 12.7. The Labute approximate surface area is 124 Å². The zero-order chi connectivity index (χ0) is 15.6. The smallest absolute Gasteiger partial charge is 0.338 e. The first-order chi connectivity index (χ1) is 9.93. The standard InChI is InChI=1S/C16H20N2O3/c1-5-21-15(19)13-11(4)17-16(20)18-14(13)12-7-6-9(2)8-10(12)3/h6-8,14H,5H2,1-4H3,(H2,17,18,20)/t14-/m0/s1. The Balaban J connectivity index is 2.49. The lowest BCUT2D eigenvalue weighted by Crippen LogP contribution is -2.45. The lowest BCUT2D eigenvalue weighted by Gasteiger charge is -2.29. The van der Waals surface area contributed by atoms with Crippen LogP contribution >= 0.6 is 0 Å². The largest absolute Gasteiger partial charge is 0.463 e.